The van der Waals surface area contributed by atoms with Crippen LogP contribution in [0.2, 0.25) is 0 Å². The first-order chi connectivity index (χ1) is 12.7. The van der Waals surface area contributed by atoms with Gasteiger partial charge in [0.25, 0.3) is 0 Å². The van der Waals surface area contributed by atoms with Crippen molar-refractivity contribution in [1.29, 1.82) is 0 Å². The molecule has 0 saturated heterocycles. The second-order valence-electron chi connectivity index (χ2n) is 7.04. The minimum absolute atomic E-state index is 0.0866. The summed E-state index contributed by atoms with van der Waals surface area (Å²) in [4.78, 5) is 26.6. The number of hydrogen-bond donors (Lipinski definition) is 1. The fourth-order valence-electron chi connectivity index (χ4n) is 3.29. The van der Waals surface area contributed by atoms with Gasteiger partial charge in [-0.1, -0.05) is 23.8 Å². The molecule has 0 atom stereocenters. The number of rotatable bonds is 6. The molecule has 0 radical (unpaired) electrons. The monoisotopic (exact) mass is 405 g/mol. The molecule has 0 bridgehead atoms. The van der Waals surface area contributed by atoms with Crippen LogP contribution in [0.1, 0.15) is 51.2 Å². The molecule has 1 aromatic heterocycles. The van der Waals surface area contributed by atoms with Crippen molar-refractivity contribution in [1.82, 2.24) is 0 Å². The Bertz CT molecular complexity index is 989. The van der Waals surface area contributed by atoms with Crippen molar-refractivity contribution in [2.45, 2.75) is 39.0 Å². The average molecular weight is 406 g/mol. The lowest BCUT2D eigenvalue weighted by atomic mass is 9.91. The van der Waals surface area contributed by atoms with Crippen LogP contribution in [0.25, 0.3) is 0 Å². The van der Waals surface area contributed by atoms with E-state index >= 15 is 0 Å². The third kappa shape index (κ3) is 4.84. The zero-order valence-electron chi connectivity index (χ0n) is 15.5. The highest BCUT2D eigenvalue weighted by atomic mass is 32.2. The zero-order valence-corrected chi connectivity index (χ0v) is 17.1. The summed E-state index contributed by atoms with van der Waals surface area (Å²) < 4.78 is 22.6. The molecule has 0 unspecified atom stereocenters. The van der Waals surface area contributed by atoms with Crippen molar-refractivity contribution >= 4 is 37.9 Å². The first kappa shape index (κ1) is 19.8. The highest BCUT2D eigenvalue weighted by molar-refractivity contribution is 7.90. The number of benzene rings is 1. The Balaban J connectivity index is 1.93. The Hall–Kier alpha value is -1.99. The average Bonchev–Trinajstić information content (AvgIpc) is 2.96. The van der Waals surface area contributed by atoms with Crippen molar-refractivity contribution < 1.29 is 18.0 Å². The smallest absolute Gasteiger partial charge is 0.226 e. The van der Waals surface area contributed by atoms with Crippen molar-refractivity contribution in [3.05, 3.63) is 51.4 Å². The highest BCUT2D eigenvalue weighted by Crippen LogP contribution is 2.39. The number of carbonyl (C=O) groups excluding carboxylic acids is 2. The van der Waals surface area contributed by atoms with E-state index < -0.39 is 9.84 Å². The lowest BCUT2D eigenvalue weighted by molar-refractivity contribution is -0.115. The number of ketones is 1. The number of anilines is 1. The van der Waals surface area contributed by atoms with Gasteiger partial charge in [0.05, 0.1) is 11.3 Å². The van der Waals surface area contributed by atoms with E-state index in [0.29, 0.717) is 16.1 Å². The lowest BCUT2D eigenvalue weighted by Crippen LogP contribution is -2.18. The maximum atomic E-state index is 13.2. The normalized spacial score (nSPS) is 13.9. The summed E-state index contributed by atoms with van der Waals surface area (Å²) in [6, 6.07) is 7.43. The molecule has 0 fully saturated rings. The van der Waals surface area contributed by atoms with Gasteiger partial charge in [-0.05, 0) is 44.2 Å². The number of fused-ring (bicyclic) bond motifs is 1. The van der Waals surface area contributed by atoms with Crippen molar-refractivity contribution in [3.8, 4) is 0 Å². The predicted molar refractivity (Wildman–Crippen MR) is 109 cm³/mol. The third-order valence-electron chi connectivity index (χ3n) is 4.63. The van der Waals surface area contributed by atoms with E-state index in [1.165, 1.54) is 11.3 Å². The fraction of sp³-hybridized carbons (Fsp3) is 0.400. The Labute approximate surface area is 163 Å². The first-order valence-electron chi connectivity index (χ1n) is 8.98. The molecule has 5 nitrogen and oxygen atoms in total. The van der Waals surface area contributed by atoms with Gasteiger partial charge >= 0.3 is 0 Å². The van der Waals surface area contributed by atoms with Crippen LogP contribution in [0.3, 0.4) is 0 Å². The highest BCUT2D eigenvalue weighted by Gasteiger charge is 2.27. The van der Waals surface area contributed by atoms with Gasteiger partial charge in [-0.15, -0.1) is 11.3 Å². The van der Waals surface area contributed by atoms with Crippen LogP contribution in [-0.2, 0) is 27.5 Å². The lowest BCUT2D eigenvalue weighted by Gasteiger charge is -2.13. The van der Waals surface area contributed by atoms with Gasteiger partial charge in [-0.2, -0.15) is 0 Å². The predicted octanol–water partition coefficient (Wildman–Crippen LogP) is 3.54. The second-order valence-corrected chi connectivity index (χ2v) is 10.4. The molecule has 1 amide bonds. The summed E-state index contributed by atoms with van der Waals surface area (Å²) in [5.41, 5.74) is 3.22. The van der Waals surface area contributed by atoms with E-state index in [-0.39, 0.29) is 23.9 Å². The zero-order chi connectivity index (χ0) is 19.6. The summed E-state index contributed by atoms with van der Waals surface area (Å²) >= 11 is 1.45. The topological polar surface area (TPSA) is 80.3 Å². The molecule has 1 N–H and O–H groups in total. The van der Waals surface area contributed by atoms with E-state index in [1.54, 1.807) is 6.07 Å². The molecule has 1 heterocycles. The van der Waals surface area contributed by atoms with Gasteiger partial charge in [0.15, 0.2) is 5.78 Å². The maximum Gasteiger partial charge on any atom is 0.226 e. The number of hydrogen-bond acceptors (Lipinski definition) is 5. The number of amides is 1. The van der Waals surface area contributed by atoms with Crippen molar-refractivity contribution in [2.75, 3.05) is 17.3 Å². The molecule has 27 heavy (non-hydrogen) atoms. The van der Waals surface area contributed by atoms with Crippen LogP contribution >= 0.6 is 11.3 Å². The first-order valence-corrected chi connectivity index (χ1v) is 11.9. The van der Waals surface area contributed by atoms with E-state index in [2.05, 4.69) is 5.32 Å². The Morgan fingerprint density at radius 3 is 2.63 bits per heavy atom. The summed E-state index contributed by atoms with van der Waals surface area (Å²) in [6.07, 6.45) is 4.84. The summed E-state index contributed by atoms with van der Waals surface area (Å²) in [5.74, 6) is -0.667. The van der Waals surface area contributed by atoms with Gasteiger partial charge in [-0.25, -0.2) is 8.42 Å². The van der Waals surface area contributed by atoms with Crippen molar-refractivity contribution in [3.63, 3.8) is 0 Å². The molecule has 0 spiro atoms. The van der Waals surface area contributed by atoms with Crippen LogP contribution in [0.4, 0.5) is 5.00 Å². The van der Waals surface area contributed by atoms with Crippen LogP contribution in [0, 0.1) is 6.92 Å². The molecular formula is C20H23NO4S2. The van der Waals surface area contributed by atoms with Gasteiger partial charge in [-0.3, -0.25) is 9.59 Å². The quantitative estimate of drug-likeness (QED) is 0.746. The number of nitrogens with one attached hydrogen (secondary N) is 1. The Morgan fingerprint density at radius 2 is 1.93 bits per heavy atom. The number of aryl methyl sites for hydroxylation is 2. The van der Waals surface area contributed by atoms with E-state index in [4.69, 9.17) is 0 Å². The number of thiophene rings is 1. The van der Waals surface area contributed by atoms with Gasteiger partial charge in [0, 0.05) is 23.1 Å². The van der Waals surface area contributed by atoms with E-state index in [9.17, 15) is 18.0 Å². The minimum Gasteiger partial charge on any atom is -0.317 e. The summed E-state index contributed by atoms with van der Waals surface area (Å²) in [6.45, 7) is 1.94. The number of sulfone groups is 1. The Morgan fingerprint density at radius 1 is 1.19 bits per heavy atom. The van der Waals surface area contributed by atoms with E-state index in [0.717, 1.165) is 47.9 Å². The van der Waals surface area contributed by atoms with Gasteiger partial charge < -0.3 is 5.32 Å². The van der Waals surface area contributed by atoms with Gasteiger partial charge in [0.2, 0.25) is 5.91 Å². The summed E-state index contributed by atoms with van der Waals surface area (Å²) in [5, 5.41) is 3.35. The molecule has 1 aliphatic carbocycles. The number of carbonyl (C=O) groups is 2. The van der Waals surface area contributed by atoms with Crippen LogP contribution in [-0.4, -0.2) is 32.1 Å². The van der Waals surface area contributed by atoms with Crippen LogP contribution < -0.4 is 5.32 Å². The molecule has 144 valence electrons. The van der Waals surface area contributed by atoms with Crippen LogP contribution in [0.5, 0.6) is 0 Å². The van der Waals surface area contributed by atoms with E-state index in [1.807, 2.05) is 25.1 Å². The molecule has 3 rings (SSSR count). The largest absolute Gasteiger partial charge is 0.317 e. The standard InChI is InChI=1S/C20H23NO4S2/c1-13-6-5-7-14(12-13)19(23)18-15-8-3-4-9-16(15)26-20(18)21-17(22)10-11-27(2,24)25/h5-7,12H,3-4,8-11H2,1-2H3,(H,21,22). The molecule has 1 aromatic carbocycles. The molecule has 2 aromatic rings. The Kier molecular flexibility index (Phi) is 5.81. The van der Waals surface area contributed by atoms with Crippen molar-refractivity contribution in [2.24, 2.45) is 0 Å². The SMILES string of the molecule is Cc1cccc(C(=O)c2c(NC(=O)CCS(C)(=O)=O)sc3c2CCCC3)c1. The summed E-state index contributed by atoms with van der Waals surface area (Å²) in [7, 11) is -3.21. The minimum atomic E-state index is -3.21. The molecule has 0 aliphatic heterocycles. The molecule has 1 aliphatic rings. The molecule has 0 saturated carbocycles. The molecule has 7 heteroatoms. The third-order valence-corrected chi connectivity index (χ3v) is 6.78. The fourth-order valence-corrected chi connectivity index (χ4v) is 5.15. The van der Waals surface area contributed by atoms with Gasteiger partial charge in [0.1, 0.15) is 14.8 Å². The second kappa shape index (κ2) is 7.94. The molecular weight excluding hydrogens is 382 g/mol. The maximum absolute atomic E-state index is 13.2. The van der Waals surface area contributed by atoms with Crippen LogP contribution in [0.15, 0.2) is 24.3 Å².